The van der Waals surface area contributed by atoms with Gasteiger partial charge in [0.25, 0.3) is 0 Å². The molecule has 0 aromatic heterocycles. The summed E-state index contributed by atoms with van der Waals surface area (Å²) < 4.78 is 0. The molecule has 0 heterocycles. The number of aliphatic carboxylic acids is 2. The SMILES string of the molecule is O=C(O)CN[C@@H](Cc1ccccc1)C(=O)O.[H-].[H-].[Na+].[Na+]. The van der Waals surface area contributed by atoms with E-state index in [9.17, 15) is 9.59 Å². The first-order chi connectivity index (χ1) is 7.59. The Labute approximate surface area is 153 Å². The van der Waals surface area contributed by atoms with Crippen LogP contribution in [0.15, 0.2) is 30.3 Å². The average molecular weight is 271 g/mol. The van der Waals surface area contributed by atoms with Gasteiger partial charge in [0.1, 0.15) is 6.04 Å². The molecule has 0 aliphatic carbocycles. The van der Waals surface area contributed by atoms with Gasteiger partial charge in [-0.05, 0) is 12.0 Å². The van der Waals surface area contributed by atoms with Crippen LogP contribution in [0.1, 0.15) is 8.42 Å². The summed E-state index contributed by atoms with van der Waals surface area (Å²) in [5, 5.41) is 19.8. The molecule has 0 radical (unpaired) electrons. The maximum Gasteiger partial charge on any atom is 1.00 e. The van der Waals surface area contributed by atoms with Gasteiger partial charge >= 0.3 is 71.1 Å². The van der Waals surface area contributed by atoms with Gasteiger partial charge in [0.05, 0.1) is 6.54 Å². The first-order valence-corrected chi connectivity index (χ1v) is 4.81. The molecule has 5 nitrogen and oxygen atoms in total. The van der Waals surface area contributed by atoms with Crippen molar-refractivity contribution in [1.29, 1.82) is 0 Å². The maximum atomic E-state index is 10.9. The molecule has 1 aromatic rings. The van der Waals surface area contributed by atoms with Gasteiger partial charge in [0.2, 0.25) is 0 Å². The van der Waals surface area contributed by atoms with Crippen molar-refractivity contribution >= 4 is 11.9 Å². The molecule has 0 amide bonds. The number of rotatable bonds is 6. The monoisotopic (exact) mass is 271 g/mol. The first kappa shape index (κ1) is 20.4. The Morgan fingerprint density at radius 2 is 1.72 bits per heavy atom. The van der Waals surface area contributed by atoms with Crippen molar-refractivity contribution in [1.82, 2.24) is 5.32 Å². The van der Waals surface area contributed by atoms with Crippen LogP contribution in [0, 0.1) is 0 Å². The Kier molecular flexibility index (Phi) is 12.5. The zero-order valence-corrected chi connectivity index (χ0v) is 14.6. The third-order valence-electron chi connectivity index (χ3n) is 2.08. The number of carboxylic acid groups (broad SMARTS) is 2. The van der Waals surface area contributed by atoms with E-state index in [1.165, 1.54) is 0 Å². The molecule has 0 unspecified atom stereocenters. The van der Waals surface area contributed by atoms with Crippen LogP contribution in [0.3, 0.4) is 0 Å². The average Bonchev–Trinajstić information content (AvgIpc) is 2.25. The number of carboxylic acids is 2. The van der Waals surface area contributed by atoms with Gasteiger partial charge in [0.15, 0.2) is 0 Å². The third kappa shape index (κ3) is 8.26. The molecule has 18 heavy (non-hydrogen) atoms. The molecule has 0 bridgehead atoms. The zero-order valence-electron chi connectivity index (χ0n) is 12.6. The summed E-state index contributed by atoms with van der Waals surface area (Å²) in [5.74, 6) is -2.12. The fraction of sp³-hybridized carbons (Fsp3) is 0.273. The molecule has 1 aromatic carbocycles. The molecule has 0 aliphatic heterocycles. The van der Waals surface area contributed by atoms with Crippen molar-refractivity contribution in [3.8, 4) is 0 Å². The quantitative estimate of drug-likeness (QED) is 0.450. The molecule has 0 spiro atoms. The Hall–Kier alpha value is 0.120. The smallest absolute Gasteiger partial charge is 1.00 e. The van der Waals surface area contributed by atoms with E-state index in [0.717, 1.165) is 5.56 Å². The summed E-state index contributed by atoms with van der Waals surface area (Å²) in [7, 11) is 0. The molecule has 90 valence electrons. The maximum absolute atomic E-state index is 10.9. The molecule has 0 saturated heterocycles. The Bertz CT molecular complexity index is 382. The van der Waals surface area contributed by atoms with Gasteiger partial charge in [-0.3, -0.25) is 14.9 Å². The Balaban J connectivity index is -0.000000320. The van der Waals surface area contributed by atoms with Crippen LogP contribution >= 0.6 is 0 Å². The van der Waals surface area contributed by atoms with E-state index >= 15 is 0 Å². The van der Waals surface area contributed by atoms with Crippen LogP contribution < -0.4 is 64.4 Å². The minimum Gasteiger partial charge on any atom is -1.00 e. The van der Waals surface area contributed by atoms with Gasteiger partial charge < -0.3 is 13.1 Å². The van der Waals surface area contributed by atoms with E-state index in [1.807, 2.05) is 18.2 Å². The van der Waals surface area contributed by atoms with Gasteiger partial charge in [-0.15, -0.1) is 0 Å². The number of benzene rings is 1. The van der Waals surface area contributed by atoms with Crippen molar-refractivity contribution in [2.75, 3.05) is 6.54 Å². The van der Waals surface area contributed by atoms with Gasteiger partial charge in [-0.1, -0.05) is 30.3 Å². The van der Waals surface area contributed by atoms with E-state index in [1.54, 1.807) is 12.1 Å². The van der Waals surface area contributed by atoms with E-state index in [4.69, 9.17) is 10.2 Å². The summed E-state index contributed by atoms with van der Waals surface area (Å²) in [4.78, 5) is 21.2. The third-order valence-corrected chi connectivity index (χ3v) is 2.08. The molecule has 3 N–H and O–H groups in total. The van der Waals surface area contributed by atoms with Crippen molar-refractivity contribution < 1.29 is 81.8 Å². The summed E-state index contributed by atoms with van der Waals surface area (Å²) >= 11 is 0. The summed E-state index contributed by atoms with van der Waals surface area (Å²) in [6, 6.07) is 8.19. The molecule has 0 saturated carbocycles. The van der Waals surface area contributed by atoms with Crippen molar-refractivity contribution in [3.63, 3.8) is 0 Å². The van der Waals surface area contributed by atoms with Gasteiger partial charge in [0, 0.05) is 0 Å². The topological polar surface area (TPSA) is 86.6 Å². The van der Waals surface area contributed by atoms with Crippen LogP contribution in [0.5, 0.6) is 0 Å². The van der Waals surface area contributed by atoms with Gasteiger partial charge in [-0.25, -0.2) is 0 Å². The van der Waals surface area contributed by atoms with Crippen molar-refractivity contribution in [2.45, 2.75) is 12.5 Å². The van der Waals surface area contributed by atoms with Gasteiger partial charge in [-0.2, -0.15) is 0 Å². The van der Waals surface area contributed by atoms with Crippen LogP contribution in [0.25, 0.3) is 0 Å². The molecular weight excluding hydrogens is 256 g/mol. The standard InChI is InChI=1S/C11H13NO4.2Na.2H/c13-10(14)7-12-9(11(15)16)6-8-4-2-1-3-5-8;;;;/h1-5,9,12H,6-7H2,(H,13,14)(H,15,16);;;;/q;2*+1;2*-1/t9-;;;;/m0..../s1. The first-order valence-electron chi connectivity index (χ1n) is 4.81. The predicted molar refractivity (Wildman–Crippen MR) is 59.4 cm³/mol. The molecule has 1 atom stereocenters. The van der Waals surface area contributed by atoms with Crippen LogP contribution in [-0.4, -0.2) is 34.7 Å². The van der Waals surface area contributed by atoms with E-state index < -0.39 is 18.0 Å². The van der Waals surface area contributed by atoms with Crippen LogP contribution in [0.4, 0.5) is 0 Å². The normalized spacial score (nSPS) is 10.7. The largest absolute Gasteiger partial charge is 1.00 e. The second kappa shape index (κ2) is 11.0. The van der Waals surface area contributed by atoms with E-state index in [-0.39, 0.29) is 74.9 Å². The fourth-order valence-corrected chi connectivity index (χ4v) is 1.31. The van der Waals surface area contributed by atoms with E-state index in [0.29, 0.717) is 0 Å². The number of nitrogens with one attached hydrogen (secondary N) is 1. The molecule has 0 aliphatic rings. The minimum absolute atomic E-state index is 0. The predicted octanol–water partition coefficient (Wildman–Crippen LogP) is -5.41. The molecule has 7 heteroatoms. The second-order valence-electron chi connectivity index (χ2n) is 3.36. The minimum atomic E-state index is -1.07. The fourth-order valence-electron chi connectivity index (χ4n) is 1.31. The Morgan fingerprint density at radius 1 is 1.17 bits per heavy atom. The number of carbonyl (C=O) groups is 2. The van der Waals surface area contributed by atoms with E-state index in [2.05, 4.69) is 5.32 Å². The summed E-state index contributed by atoms with van der Waals surface area (Å²) in [5.41, 5.74) is 0.854. The molecule has 0 fully saturated rings. The number of hydrogen-bond acceptors (Lipinski definition) is 3. The zero-order chi connectivity index (χ0) is 12.0. The molecular formula is C11H15NNa2O4. The molecule has 1 rings (SSSR count). The second-order valence-corrected chi connectivity index (χ2v) is 3.36. The summed E-state index contributed by atoms with van der Waals surface area (Å²) in [6.07, 6.45) is 0.267. The Morgan fingerprint density at radius 3 is 2.17 bits per heavy atom. The van der Waals surface area contributed by atoms with Crippen LogP contribution in [-0.2, 0) is 16.0 Å². The van der Waals surface area contributed by atoms with Crippen molar-refractivity contribution in [2.24, 2.45) is 0 Å². The van der Waals surface area contributed by atoms with Crippen molar-refractivity contribution in [3.05, 3.63) is 35.9 Å². The number of hydrogen-bond donors (Lipinski definition) is 3. The van der Waals surface area contributed by atoms with Crippen LogP contribution in [0.2, 0.25) is 0 Å². The summed E-state index contributed by atoms with van der Waals surface area (Å²) in [6.45, 7) is -0.357.